The normalized spacial score (nSPS) is 12.5. The molecule has 17 heavy (non-hydrogen) atoms. The molecule has 0 amide bonds. The molecule has 0 radical (unpaired) electrons. The van der Waals surface area contributed by atoms with Gasteiger partial charge in [-0.3, -0.25) is 0 Å². The van der Waals surface area contributed by atoms with Gasteiger partial charge in [0.1, 0.15) is 0 Å². The minimum atomic E-state index is -0.116. The minimum Gasteiger partial charge on any atom is -0.320 e. The van der Waals surface area contributed by atoms with Crippen molar-refractivity contribution in [3.63, 3.8) is 0 Å². The molecule has 1 unspecified atom stereocenters. The lowest BCUT2D eigenvalue weighted by Gasteiger charge is -2.16. The van der Waals surface area contributed by atoms with Crippen LogP contribution in [0, 0.1) is 3.57 Å². The van der Waals surface area contributed by atoms with Gasteiger partial charge in [0.15, 0.2) is 0 Å². The lowest BCUT2D eigenvalue weighted by molar-refractivity contribution is 0.859. The number of halogens is 3. The smallest absolute Gasteiger partial charge is 0.0573 e. The van der Waals surface area contributed by atoms with E-state index in [-0.39, 0.29) is 6.04 Å². The van der Waals surface area contributed by atoms with Crippen LogP contribution in [0.4, 0.5) is 0 Å². The second-order valence-electron chi connectivity index (χ2n) is 3.67. The van der Waals surface area contributed by atoms with E-state index in [0.29, 0.717) is 0 Å². The van der Waals surface area contributed by atoms with Crippen molar-refractivity contribution in [2.24, 2.45) is 5.73 Å². The van der Waals surface area contributed by atoms with E-state index in [2.05, 4.69) is 72.6 Å². The lowest BCUT2D eigenvalue weighted by atomic mass is 10.00. The topological polar surface area (TPSA) is 26.0 Å². The first kappa shape index (κ1) is 13.5. The van der Waals surface area contributed by atoms with E-state index in [1.54, 1.807) is 0 Å². The average Bonchev–Trinajstić information content (AvgIpc) is 2.32. The first-order valence-corrected chi connectivity index (χ1v) is 7.71. The van der Waals surface area contributed by atoms with E-state index in [4.69, 9.17) is 5.73 Å². The van der Waals surface area contributed by atoms with Crippen LogP contribution in [0.25, 0.3) is 0 Å². The van der Waals surface area contributed by atoms with Crippen LogP contribution in [-0.2, 0) is 0 Å². The molecule has 2 aromatic rings. The second-order valence-corrected chi connectivity index (χ2v) is 6.60. The van der Waals surface area contributed by atoms with Gasteiger partial charge >= 0.3 is 0 Å². The monoisotopic (exact) mass is 465 g/mol. The van der Waals surface area contributed by atoms with Gasteiger partial charge in [-0.2, -0.15) is 0 Å². The number of rotatable bonds is 2. The fourth-order valence-corrected chi connectivity index (χ4v) is 3.24. The molecule has 1 atom stereocenters. The molecule has 0 aliphatic carbocycles. The predicted octanol–water partition coefficient (Wildman–Crippen LogP) is 4.86. The highest BCUT2D eigenvalue weighted by Crippen LogP contribution is 2.31. The van der Waals surface area contributed by atoms with Crippen molar-refractivity contribution in [1.82, 2.24) is 0 Å². The molecule has 88 valence electrons. The predicted molar refractivity (Wildman–Crippen MR) is 87.0 cm³/mol. The molecule has 0 fully saturated rings. The molecule has 0 saturated carbocycles. The summed E-state index contributed by atoms with van der Waals surface area (Å²) in [5.74, 6) is 0. The highest BCUT2D eigenvalue weighted by Gasteiger charge is 2.14. The van der Waals surface area contributed by atoms with E-state index in [1.165, 1.54) is 3.57 Å². The SMILES string of the molecule is NC(c1cc(Br)ccc1Br)c1ccccc1I. The van der Waals surface area contributed by atoms with E-state index in [0.717, 1.165) is 20.1 Å². The second kappa shape index (κ2) is 5.82. The lowest BCUT2D eigenvalue weighted by Crippen LogP contribution is -2.13. The first-order valence-electron chi connectivity index (χ1n) is 5.04. The Hall–Kier alpha value is 0.0900. The summed E-state index contributed by atoms with van der Waals surface area (Å²) in [4.78, 5) is 0. The van der Waals surface area contributed by atoms with Crippen molar-refractivity contribution < 1.29 is 0 Å². The fraction of sp³-hybridized carbons (Fsp3) is 0.0769. The summed E-state index contributed by atoms with van der Waals surface area (Å²) in [6.07, 6.45) is 0. The van der Waals surface area contributed by atoms with E-state index in [1.807, 2.05) is 24.3 Å². The Morgan fingerprint density at radius 1 is 1.00 bits per heavy atom. The van der Waals surface area contributed by atoms with Crippen molar-refractivity contribution in [2.45, 2.75) is 6.04 Å². The van der Waals surface area contributed by atoms with Crippen molar-refractivity contribution in [3.8, 4) is 0 Å². The molecule has 2 rings (SSSR count). The Bertz CT molecular complexity index is 543. The van der Waals surface area contributed by atoms with Crippen molar-refractivity contribution in [3.05, 3.63) is 66.1 Å². The van der Waals surface area contributed by atoms with Crippen LogP contribution in [0.2, 0.25) is 0 Å². The molecule has 2 aromatic carbocycles. The van der Waals surface area contributed by atoms with Crippen LogP contribution in [-0.4, -0.2) is 0 Å². The molecule has 0 aromatic heterocycles. The molecule has 0 aliphatic rings. The fourth-order valence-electron chi connectivity index (χ4n) is 1.65. The van der Waals surface area contributed by atoms with Crippen LogP contribution < -0.4 is 5.73 Å². The highest BCUT2D eigenvalue weighted by atomic mass is 127. The summed E-state index contributed by atoms with van der Waals surface area (Å²) in [6, 6.07) is 14.1. The van der Waals surface area contributed by atoms with Crippen LogP contribution >= 0.6 is 54.5 Å². The Labute approximate surface area is 131 Å². The zero-order valence-corrected chi connectivity index (χ0v) is 14.2. The highest BCUT2D eigenvalue weighted by molar-refractivity contribution is 14.1. The number of benzene rings is 2. The third-order valence-electron chi connectivity index (χ3n) is 2.53. The van der Waals surface area contributed by atoms with Gasteiger partial charge in [0.25, 0.3) is 0 Å². The molecule has 0 spiro atoms. The zero-order valence-electron chi connectivity index (χ0n) is 8.83. The minimum absolute atomic E-state index is 0.116. The van der Waals surface area contributed by atoms with Gasteiger partial charge in [0, 0.05) is 12.5 Å². The van der Waals surface area contributed by atoms with E-state index in [9.17, 15) is 0 Å². The van der Waals surface area contributed by atoms with Crippen molar-refractivity contribution >= 4 is 54.5 Å². The molecule has 1 nitrogen and oxygen atoms in total. The van der Waals surface area contributed by atoms with E-state index >= 15 is 0 Å². The van der Waals surface area contributed by atoms with Gasteiger partial charge in [-0.25, -0.2) is 0 Å². The third kappa shape index (κ3) is 3.10. The summed E-state index contributed by atoms with van der Waals surface area (Å²) in [7, 11) is 0. The average molecular weight is 467 g/mol. The summed E-state index contributed by atoms with van der Waals surface area (Å²) < 4.78 is 3.26. The number of hydrogen-bond acceptors (Lipinski definition) is 1. The van der Waals surface area contributed by atoms with Crippen molar-refractivity contribution in [2.75, 3.05) is 0 Å². The van der Waals surface area contributed by atoms with Gasteiger partial charge < -0.3 is 5.73 Å². The summed E-state index contributed by atoms with van der Waals surface area (Å²) in [5, 5.41) is 0. The van der Waals surface area contributed by atoms with Crippen LogP contribution in [0.3, 0.4) is 0 Å². The molecule has 0 aliphatic heterocycles. The van der Waals surface area contributed by atoms with Gasteiger partial charge in [0.05, 0.1) is 6.04 Å². The third-order valence-corrected chi connectivity index (χ3v) is 4.73. The van der Waals surface area contributed by atoms with Crippen LogP contribution in [0.5, 0.6) is 0 Å². The Kier molecular flexibility index (Phi) is 4.63. The summed E-state index contributed by atoms with van der Waals surface area (Å²) >= 11 is 9.34. The van der Waals surface area contributed by atoms with Crippen LogP contribution in [0.15, 0.2) is 51.4 Å². The molecular formula is C13H10Br2IN. The Morgan fingerprint density at radius 3 is 2.41 bits per heavy atom. The first-order chi connectivity index (χ1) is 8.09. The largest absolute Gasteiger partial charge is 0.320 e. The maximum Gasteiger partial charge on any atom is 0.0573 e. The summed E-state index contributed by atoms with van der Waals surface area (Å²) in [6.45, 7) is 0. The van der Waals surface area contributed by atoms with Gasteiger partial charge in [-0.1, -0.05) is 50.1 Å². The molecule has 4 heteroatoms. The number of nitrogens with two attached hydrogens (primary N) is 1. The Balaban J connectivity index is 2.47. The van der Waals surface area contributed by atoms with Gasteiger partial charge in [0.2, 0.25) is 0 Å². The Morgan fingerprint density at radius 2 is 1.71 bits per heavy atom. The zero-order chi connectivity index (χ0) is 12.4. The van der Waals surface area contributed by atoms with E-state index < -0.39 is 0 Å². The molecule has 0 bridgehead atoms. The molecule has 2 N–H and O–H groups in total. The van der Waals surface area contributed by atoms with Crippen molar-refractivity contribution in [1.29, 1.82) is 0 Å². The maximum atomic E-state index is 6.33. The van der Waals surface area contributed by atoms with Gasteiger partial charge in [-0.15, -0.1) is 0 Å². The summed E-state index contributed by atoms with van der Waals surface area (Å²) in [5.41, 5.74) is 8.56. The standard InChI is InChI=1S/C13H10Br2IN/c14-8-5-6-11(15)10(7-8)13(17)9-3-1-2-4-12(9)16/h1-7,13H,17H2. The molecule has 0 heterocycles. The number of hydrogen-bond donors (Lipinski definition) is 1. The molecule has 0 saturated heterocycles. The maximum absolute atomic E-state index is 6.33. The molecular weight excluding hydrogens is 457 g/mol. The van der Waals surface area contributed by atoms with Gasteiger partial charge in [-0.05, 0) is 58.0 Å². The van der Waals surface area contributed by atoms with Crippen LogP contribution in [0.1, 0.15) is 17.2 Å². The quantitative estimate of drug-likeness (QED) is 0.628.